The van der Waals surface area contributed by atoms with Crippen molar-refractivity contribution < 1.29 is 37.0 Å². The highest BCUT2D eigenvalue weighted by atomic mass is 19.4. The fourth-order valence-electron chi connectivity index (χ4n) is 2.99. The standard InChI is InChI=1S/C23H21F3N4O5/c1-2-34-21(32)18-12-28-30(20(18)23(24,25)26)17-10-8-16(9-11-17)29-19(31)13-27-22(33)35-14-15-6-4-3-5-7-15/h3-12H,2,13-14H2,1H3,(H,27,33)(H,29,31). The number of anilines is 1. The summed E-state index contributed by atoms with van der Waals surface area (Å²) in [5.74, 6) is -1.71. The average molecular weight is 490 g/mol. The second-order valence-corrected chi connectivity index (χ2v) is 7.05. The minimum absolute atomic E-state index is 0.00786. The summed E-state index contributed by atoms with van der Waals surface area (Å²) in [5, 5.41) is 8.48. The van der Waals surface area contributed by atoms with Gasteiger partial charge in [-0.3, -0.25) is 4.79 Å². The SMILES string of the molecule is CCOC(=O)c1cnn(-c2ccc(NC(=O)CNC(=O)OCc3ccccc3)cc2)c1C(F)(F)F. The van der Waals surface area contributed by atoms with Gasteiger partial charge in [0, 0.05) is 5.69 Å². The van der Waals surface area contributed by atoms with Crippen molar-refractivity contribution >= 4 is 23.7 Å². The van der Waals surface area contributed by atoms with Crippen LogP contribution in [0.2, 0.25) is 0 Å². The van der Waals surface area contributed by atoms with E-state index in [4.69, 9.17) is 4.74 Å². The van der Waals surface area contributed by atoms with Crippen molar-refractivity contribution in [3.8, 4) is 5.69 Å². The van der Waals surface area contributed by atoms with E-state index in [1.807, 2.05) is 6.07 Å². The van der Waals surface area contributed by atoms with Crippen LogP contribution < -0.4 is 10.6 Å². The summed E-state index contributed by atoms with van der Waals surface area (Å²) in [7, 11) is 0. The lowest BCUT2D eigenvalue weighted by atomic mass is 10.2. The summed E-state index contributed by atoms with van der Waals surface area (Å²) in [5.41, 5.74) is -0.918. The lowest BCUT2D eigenvalue weighted by Crippen LogP contribution is -2.33. The van der Waals surface area contributed by atoms with Gasteiger partial charge in [-0.05, 0) is 36.8 Å². The summed E-state index contributed by atoms with van der Waals surface area (Å²) in [4.78, 5) is 35.7. The molecule has 184 valence electrons. The van der Waals surface area contributed by atoms with Gasteiger partial charge in [0.1, 0.15) is 18.7 Å². The molecule has 9 nitrogen and oxygen atoms in total. The van der Waals surface area contributed by atoms with E-state index in [9.17, 15) is 27.6 Å². The number of hydrogen-bond acceptors (Lipinski definition) is 6. The molecule has 0 bridgehead atoms. The van der Waals surface area contributed by atoms with Gasteiger partial charge in [-0.2, -0.15) is 18.3 Å². The van der Waals surface area contributed by atoms with Gasteiger partial charge in [0.15, 0.2) is 5.69 Å². The van der Waals surface area contributed by atoms with E-state index in [-0.39, 0.29) is 31.1 Å². The predicted molar refractivity (Wildman–Crippen MR) is 118 cm³/mol. The molecule has 3 aromatic rings. The van der Waals surface area contributed by atoms with Gasteiger partial charge in [0.25, 0.3) is 0 Å². The Balaban J connectivity index is 1.59. The first kappa shape index (κ1) is 25.3. The zero-order valence-electron chi connectivity index (χ0n) is 18.5. The predicted octanol–water partition coefficient (Wildman–Crippen LogP) is 3.93. The van der Waals surface area contributed by atoms with Crippen molar-refractivity contribution in [3.05, 3.63) is 77.6 Å². The summed E-state index contributed by atoms with van der Waals surface area (Å²) >= 11 is 0. The van der Waals surface area contributed by atoms with E-state index in [2.05, 4.69) is 20.5 Å². The average Bonchev–Trinajstić information content (AvgIpc) is 3.29. The number of nitrogens with one attached hydrogen (secondary N) is 2. The zero-order chi connectivity index (χ0) is 25.4. The number of alkyl halides is 3. The molecule has 1 heterocycles. The van der Waals surface area contributed by atoms with Crippen molar-refractivity contribution in [2.75, 3.05) is 18.5 Å². The van der Waals surface area contributed by atoms with Gasteiger partial charge >= 0.3 is 18.2 Å². The summed E-state index contributed by atoms with van der Waals surface area (Å²) in [6, 6.07) is 14.3. The quantitative estimate of drug-likeness (QED) is 0.463. The minimum atomic E-state index is -4.87. The Labute approximate surface area is 197 Å². The number of carbonyl (C=O) groups is 3. The summed E-state index contributed by atoms with van der Waals surface area (Å²) in [6.45, 7) is 1.05. The number of halogens is 3. The number of alkyl carbamates (subject to hydrolysis) is 1. The van der Waals surface area contributed by atoms with Gasteiger partial charge in [0.05, 0.1) is 18.5 Å². The Bertz CT molecular complexity index is 1180. The topological polar surface area (TPSA) is 112 Å². The highest BCUT2D eigenvalue weighted by Gasteiger charge is 2.41. The third-order valence-corrected chi connectivity index (χ3v) is 4.53. The number of rotatable bonds is 8. The second kappa shape index (κ2) is 11.2. The van der Waals surface area contributed by atoms with Crippen LogP contribution in [-0.2, 0) is 27.1 Å². The van der Waals surface area contributed by atoms with Crippen LogP contribution in [0.1, 0.15) is 28.5 Å². The van der Waals surface area contributed by atoms with E-state index in [0.29, 0.717) is 4.68 Å². The molecule has 0 saturated carbocycles. The lowest BCUT2D eigenvalue weighted by molar-refractivity contribution is -0.143. The van der Waals surface area contributed by atoms with Crippen LogP contribution >= 0.6 is 0 Å². The number of esters is 1. The number of amides is 2. The maximum Gasteiger partial charge on any atom is 0.434 e. The van der Waals surface area contributed by atoms with Gasteiger partial charge < -0.3 is 20.1 Å². The van der Waals surface area contributed by atoms with Crippen molar-refractivity contribution in [1.82, 2.24) is 15.1 Å². The molecule has 2 amide bonds. The van der Waals surface area contributed by atoms with E-state index >= 15 is 0 Å². The van der Waals surface area contributed by atoms with Crippen LogP contribution in [0.25, 0.3) is 5.69 Å². The molecule has 35 heavy (non-hydrogen) atoms. The number of aromatic nitrogens is 2. The Kier molecular flexibility index (Phi) is 8.08. The molecule has 0 aliphatic carbocycles. The molecule has 0 atom stereocenters. The highest BCUT2D eigenvalue weighted by molar-refractivity contribution is 5.94. The molecule has 0 aliphatic rings. The maximum absolute atomic E-state index is 13.6. The van der Waals surface area contributed by atoms with Crippen LogP contribution in [0.5, 0.6) is 0 Å². The van der Waals surface area contributed by atoms with Gasteiger partial charge in [-0.15, -0.1) is 0 Å². The molecular weight excluding hydrogens is 469 g/mol. The van der Waals surface area contributed by atoms with Crippen LogP contribution in [0.3, 0.4) is 0 Å². The first-order chi connectivity index (χ1) is 16.7. The lowest BCUT2D eigenvalue weighted by Gasteiger charge is -2.13. The molecule has 1 aromatic heterocycles. The molecule has 0 aliphatic heterocycles. The van der Waals surface area contributed by atoms with Crippen molar-refractivity contribution in [2.24, 2.45) is 0 Å². The smallest absolute Gasteiger partial charge is 0.434 e. The molecule has 2 N–H and O–H groups in total. The van der Waals surface area contributed by atoms with Crippen LogP contribution in [0.15, 0.2) is 60.8 Å². The van der Waals surface area contributed by atoms with Gasteiger partial charge in [0.2, 0.25) is 5.91 Å². The third kappa shape index (κ3) is 6.82. The molecule has 0 saturated heterocycles. The Hall–Kier alpha value is -4.35. The van der Waals surface area contributed by atoms with E-state index in [0.717, 1.165) is 11.8 Å². The van der Waals surface area contributed by atoms with Crippen LogP contribution in [-0.4, -0.2) is 40.9 Å². The molecular formula is C23H21F3N4O5. The number of carbonyl (C=O) groups excluding carboxylic acids is 3. The van der Waals surface area contributed by atoms with Crippen molar-refractivity contribution in [1.29, 1.82) is 0 Å². The number of hydrogen-bond donors (Lipinski definition) is 2. The number of benzene rings is 2. The molecule has 0 spiro atoms. The molecule has 0 unspecified atom stereocenters. The Morgan fingerprint density at radius 2 is 1.69 bits per heavy atom. The Morgan fingerprint density at radius 1 is 1.00 bits per heavy atom. The summed E-state index contributed by atoms with van der Waals surface area (Å²) in [6.07, 6.45) is -4.86. The van der Waals surface area contributed by atoms with E-state index in [1.54, 1.807) is 24.3 Å². The van der Waals surface area contributed by atoms with E-state index in [1.165, 1.54) is 31.2 Å². The van der Waals surface area contributed by atoms with Crippen molar-refractivity contribution in [2.45, 2.75) is 19.7 Å². The van der Waals surface area contributed by atoms with E-state index < -0.39 is 35.4 Å². The fraction of sp³-hybridized carbons (Fsp3) is 0.217. The molecule has 0 radical (unpaired) electrons. The second-order valence-electron chi connectivity index (χ2n) is 7.05. The number of ether oxygens (including phenoxy) is 2. The first-order valence-corrected chi connectivity index (χ1v) is 10.4. The number of nitrogens with zero attached hydrogens (tertiary/aromatic N) is 2. The molecule has 12 heteroatoms. The molecule has 3 rings (SSSR count). The van der Waals surface area contributed by atoms with Gasteiger partial charge in [-0.1, -0.05) is 30.3 Å². The normalized spacial score (nSPS) is 11.0. The maximum atomic E-state index is 13.6. The largest absolute Gasteiger partial charge is 0.462 e. The molecule has 2 aromatic carbocycles. The minimum Gasteiger partial charge on any atom is -0.462 e. The van der Waals surface area contributed by atoms with Crippen LogP contribution in [0.4, 0.5) is 23.7 Å². The molecule has 0 fully saturated rings. The summed E-state index contributed by atoms with van der Waals surface area (Å²) < 4.78 is 51.1. The zero-order valence-corrected chi connectivity index (χ0v) is 18.5. The van der Waals surface area contributed by atoms with Gasteiger partial charge in [-0.25, -0.2) is 14.3 Å². The van der Waals surface area contributed by atoms with Crippen molar-refractivity contribution in [3.63, 3.8) is 0 Å². The fourth-order valence-corrected chi connectivity index (χ4v) is 2.99. The first-order valence-electron chi connectivity index (χ1n) is 10.4. The Morgan fingerprint density at radius 3 is 2.31 bits per heavy atom. The monoisotopic (exact) mass is 490 g/mol. The third-order valence-electron chi connectivity index (χ3n) is 4.53. The highest BCUT2D eigenvalue weighted by Crippen LogP contribution is 2.34. The van der Waals surface area contributed by atoms with Crippen LogP contribution in [0, 0.1) is 0 Å².